The molecule has 8 nitrogen and oxygen atoms in total. The number of benzene rings is 2. The molecule has 2 heterocycles. The second-order valence-corrected chi connectivity index (χ2v) is 11.6. The third kappa shape index (κ3) is 8.47. The van der Waals surface area contributed by atoms with Gasteiger partial charge in [-0.3, -0.25) is 0 Å². The lowest BCUT2D eigenvalue weighted by atomic mass is 10.1. The molecule has 2 aromatic heterocycles. The lowest BCUT2D eigenvalue weighted by Gasteiger charge is -2.12. The van der Waals surface area contributed by atoms with Gasteiger partial charge < -0.3 is 15.7 Å². The second kappa shape index (κ2) is 14.8. The van der Waals surface area contributed by atoms with Crippen LogP contribution in [-0.4, -0.2) is 48.4 Å². The third-order valence-electron chi connectivity index (χ3n) is 5.62. The Labute approximate surface area is 230 Å². The summed E-state index contributed by atoms with van der Waals surface area (Å²) in [4.78, 5) is 14.2. The molecule has 4 aromatic rings. The summed E-state index contributed by atoms with van der Waals surface area (Å²) in [7, 11) is -1.43. The smallest absolute Gasteiger partial charge is 0.225 e. The number of para-hydroxylation sites is 1. The van der Waals surface area contributed by atoms with Gasteiger partial charge in [0.25, 0.3) is 0 Å². The molecular formula is C28H39N5O3S2. The number of nitrogens with one attached hydrogen (secondary N) is 2. The highest BCUT2D eigenvalue weighted by Crippen LogP contribution is 2.35. The number of fused-ring (bicyclic) bond motifs is 1. The summed E-state index contributed by atoms with van der Waals surface area (Å²) < 4.78 is 24.6. The van der Waals surface area contributed by atoms with Crippen LogP contribution >= 0.6 is 11.3 Å². The molecule has 10 heteroatoms. The van der Waals surface area contributed by atoms with Crippen molar-refractivity contribution in [2.24, 2.45) is 5.92 Å². The van der Waals surface area contributed by atoms with E-state index in [1.807, 2.05) is 65.1 Å². The molecule has 4 rings (SSSR count). The summed E-state index contributed by atoms with van der Waals surface area (Å²) in [5.74, 6) is 1.64. The Morgan fingerprint density at radius 2 is 1.76 bits per heavy atom. The first-order valence-electron chi connectivity index (χ1n) is 12.7. The van der Waals surface area contributed by atoms with Crippen LogP contribution in [0.5, 0.6) is 0 Å². The largest absolute Gasteiger partial charge is 0.396 e. The van der Waals surface area contributed by atoms with Crippen molar-refractivity contribution < 1.29 is 13.5 Å². The van der Waals surface area contributed by atoms with E-state index in [-0.39, 0.29) is 0 Å². The van der Waals surface area contributed by atoms with Gasteiger partial charge in [0.2, 0.25) is 5.95 Å². The second-order valence-electron chi connectivity index (χ2n) is 8.56. The maximum absolute atomic E-state index is 11.8. The number of sulfone groups is 1. The first kappa shape index (κ1) is 31.1. The van der Waals surface area contributed by atoms with Crippen LogP contribution in [0.15, 0.2) is 53.4 Å². The summed E-state index contributed by atoms with van der Waals surface area (Å²) in [5, 5.41) is 15.5. The minimum atomic E-state index is -3.25. The maximum Gasteiger partial charge on any atom is 0.225 e. The molecule has 0 radical (unpaired) electrons. The van der Waals surface area contributed by atoms with E-state index in [1.54, 1.807) is 29.5 Å². The van der Waals surface area contributed by atoms with Crippen LogP contribution in [0.2, 0.25) is 0 Å². The molecule has 0 aliphatic heterocycles. The molecule has 0 aliphatic carbocycles. The predicted molar refractivity (Wildman–Crippen MR) is 160 cm³/mol. The Morgan fingerprint density at radius 3 is 2.34 bits per heavy atom. The van der Waals surface area contributed by atoms with Gasteiger partial charge in [-0.15, -0.1) is 11.3 Å². The highest BCUT2D eigenvalue weighted by atomic mass is 32.2. The van der Waals surface area contributed by atoms with Gasteiger partial charge in [0.15, 0.2) is 9.84 Å². The molecule has 0 aliphatic rings. The summed E-state index contributed by atoms with van der Waals surface area (Å²) >= 11 is 1.61. The minimum Gasteiger partial charge on any atom is -0.396 e. The van der Waals surface area contributed by atoms with E-state index in [4.69, 9.17) is 10.1 Å². The van der Waals surface area contributed by atoms with E-state index in [0.29, 0.717) is 35.7 Å². The Balaban J connectivity index is 0.000000560. The van der Waals surface area contributed by atoms with Gasteiger partial charge in [-0.1, -0.05) is 58.4 Å². The van der Waals surface area contributed by atoms with Crippen molar-refractivity contribution in [1.82, 2.24) is 15.0 Å². The summed E-state index contributed by atoms with van der Waals surface area (Å²) in [6.07, 6.45) is 2.28. The lowest BCUT2D eigenvalue weighted by molar-refractivity contribution is 0.234. The van der Waals surface area contributed by atoms with Gasteiger partial charge in [-0.25, -0.2) is 18.4 Å². The molecular weight excluding hydrogens is 518 g/mol. The van der Waals surface area contributed by atoms with Crippen molar-refractivity contribution in [2.75, 3.05) is 30.5 Å². The fourth-order valence-electron chi connectivity index (χ4n) is 3.26. The quantitative estimate of drug-likeness (QED) is 0.235. The number of aliphatic hydroxyl groups is 1. The average molecular weight is 558 g/mol. The van der Waals surface area contributed by atoms with Gasteiger partial charge in [-0.05, 0) is 42.7 Å². The van der Waals surface area contributed by atoms with Gasteiger partial charge in [-0.2, -0.15) is 4.98 Å². The highest BCUT2D eigenvalue weighted by molar-refractivity contribution is 7.90. The highest BCUT2D eigenvalue weighted by Gasteiger charge is 2.17. The van der Waals surface area contributed by atoms with Crippen LogP contribution in [-0.2, 0) is 16.4 Å². The number of aliphatic hydroxyl groups excluding tert-OH is 1. The molecule has 1 atom stereocenters. The zero-order valence-corrected chi connectivity index (χ0v) is 24.9. The molecule has 3 N–H and O–H groups in total. The monoisotopic (exact) mass is 557 g/mol. The van der Waals surface area contributed by atoms with Crippen LogP contribution in [0, 0.1) is 12.8 Å². The first-order chi connectivity index (χ1) is 18.2. The Morgan fingerprint density at radius 1 is 1.05 bits per heavy atom. The van der Waals surface area contributed by atoms with Crippen molar-refractivity contribution in [3.63, 3.8) is 0 Å². The third-order valence-corrected chi connectivity index (χ3v) is 7.78. The number of aromatic nitrogens is 3. The van der Waals surface area contributed by atoms with Crippen LogP contribution in [0.1, 0.15) is 45.4 Å². The number of hydrogen-bond acceptors (Lipinski definition) is 9. The van der Waals surface area contributed by atoms with Gasteiger partial charge in [0.1, 0.15) is 10.8 Å². The van der Waals surface area contributed by atoms with Gasteiger partial charge in [0.05, 0.1) is 26.4 Å². The molecule has 0 saturated heterocycles. The average Bonchev–Trinajstić information content (AvgIpc) is 3.36. The molecule has 0 saturated carbocycles. The molecule has 0 unspecified atom stereocenters. The van der Waals surface area contributed by atoms with Crippen LogP contribution in [0.25, 0.3) is 20.8 Å². The number of nitrogens with zero attached hydrogens (tertiary/aromatic N) is 3. The Bertz CT molecular complexity index is 1380. The lowest BCUT2D eigenvalue weighted by Crippen LogP contribution is -2.08. The van der Waals surface area contributed by atoms with Crippen LogP contribution in [0.4, 0.5) is 11.8 Å². The maximum atomic E-state index is 11.8. The standard InChI is InChI=1S/C21H21N5O2S2.C5H12O.C2H6/c1-13-18(20-25-16-9-4-5-10-17(16)29-20)19(22-2)26-21(24-13)23-12-14-7-6-8-15(11-14)30(3,27)28;1-3-5(2)4-6;1-2/h4-11H,12H2,1-3H3,(H2,22,23,24,26);5-6H,3-4H2,1-2H3;1-2H3/t;5-;/m.1./s1. The fourth-order valence-corrected chi connectivity index (χ4v) is 5.02. The minimum absolute atomic E-state index is 0.293. The topological polar surface area (TPSA) is 117 Å². The van der Waals surface area contributed by atoms with Crippen LogP contribution in [0.3, 0.4) is 0 Å². The van der Waals surface area contributed by atoms with Crippen molar-refractivity contribution in [3.8, 4) is 10.6 Å². The van der Waals surface area contributed by atoms with Crippen molar-refractivity contribution in [2.45, 2.75) is 52.5 Å². The molecule has 0 spiro atoms. The number of anilines is 2. The number of rotatable bonds is 8. The van der Waals surface area contributed by atoms with Gasteiger partial charge >= 0.3 is 0 Å². The number of thiazole rings is 1. The molecule has 0 amide bonds. The summed E-state index contributed by atoms with van der Waals surface area (Å²) in [6.45, 7) is 10.8. The first-order valence-corrected chi connectivity index (χ1v) is 15.4. The number of aryl methyl sites for hydroxylation is 1. The SMILES string of the molecule is CC.CC[C@@H](C)CO.CNc1nc(NCc2cccc(S(C)(=O)=O)c2)nc(C)c1-c1nc2ccccc2s1. The van der Waals surface area contributed by atoms with E-state index in [1.165, 1.54) is 6.26 Å². The van der Waals surface area contributed by atoms with E-state index in [0.717, 1.165) is 38.5 Å². The van der Waals surface area contributed by atoms with E-state index < -0.39 is 9.84 Å². The Hall–Kier alpha value is -3.08. The van der Waals surface area contributed by atoms with Crippen LogP contribution < -0.4 is 10.6 Å². The molecule has 206 valence electrons. The predicted octanol–water partition coefficient (Wildman–Crippen LogP) is 6.17. The van der Waals surface area contributed by atoms with Gasteiger partial charge in [0, 0.05) is 26.5 Å². The zero-order chi connectivity index (χ0) is 28.3. The molecule has 0 bridgehead atoms. The number of hydrogen-bond donors (Lipinski definition) is 3. The van der Waals surface area contributed by atoms with E-state index in [9.17, 15) is 8.42 Å². The van der Waals surface area contributed by atoms with E-state index >= 15 is 0 Å². The van der Waals surface area contributed by atoms with Crippen molar-refractivity contribution in [3.05, 3.63) is 59.8 Å². The zero-order valence-electron chi connectivity index (χ0n) is 23.2. The van der Waals surface area contributed by atoms with Crippen molar-refractivity contribution >= 4 is 43.2 Å². The van der Waals surface area contributed by atoms with E-state index in [2.05, 4.69) is 27.5 Å². The normalized spacial score (nSPS) is 11.6. The van der Waals surface area contributed by atoms with Crippen molar-refractivity contribution in [1.29, 1.82) is 0 Å². The fraction of sp³-hybridized carbons (Fsp3) is 0.393. The molecule has 2 aromatic carbocycles. The summed E-state index contributed by atoms with van der Waals surface area (Å²) in [5.41, 5.74) is 3.47. The molecule has 38 heavy (non-hydrogen) atoms. The Kier molecular flexibility index (Phi) is 12.1. The molecule has 0 fully saturated rings. The summed E-state index contributed by atoms with van der Waals surface area (Å²) in [6, 6.07) is 14.8.